The van der Waals surface area contributed by atoms with Gasteiger partial charge in [-0.05, 0) is 24.0 Å². The predicted molar refractivity (Wildman–Crippen MR) is 46.0 cm³/mol. The molecule has 0 amide bonds. The normalized spacial score (nSPS) is 25.7. The lowest BCUT2D eigenvalue weighted by atomic mass is 9.94. The van der Waals surface area contributed by atoms with Crippen LogP contribution >= 0.6 is 15.9 Å². The molecule has 1 atom stereocenters. The van der Waals surface area contributed by atoms with Crippen LogP contribution in [0.3, 0.4) is 0 Å². The van der Waals surface area contributed by atoms with Crippen molar-refractivity contribution in [3.63, 3.8) is 0 Å². The molecule has 0 aliphatic heterocycles. The molecule has 10 heavy (non-hydrogen) atoms. The van der Waals surface area contributed by atoms with E-state index in [1.54, 1.807) is 0 Å². The maximum Gasteiger partial charge on any atom is 0.0647 e. The Morgan fingerprint density at radius 3 is 3.00 bits per heavy atom. The molecular weight excluding hydrogens is 192 g/mol. The van der Waals surface area contributed by atoms with Crippen molar-refractivity contribution in [3.8, 4) is 0 Å². The van der Waals surface area contributed by atoms with Gasteiger partial charge in [-0.15, -0.1) is 0 Å². The van der Waals surface area contributed by atoms with Gasteiger partial charge in [-0.1, -0.05) is 28.9 Å². The van der Waals surface area contributed by atoms with Crippen LogP contribution in [0.2, 0.25) is 0 Å². The van der Waals surface area contributed by atoms with Gasteiger partial charge >= 0.3 is 0 Å². The second-order valence-electron chi connectivity index (χ2n) is 2.60. The predicted octanol–water partition coefficient (Wildman–Crippen LogP) is 2.22. The van der Waals surface area contributed by atoms with E-state index in [-0.39, 0.29) is 6.61 Å². The Morgan fingerprint density at radius 2 is 2.50 bits per heavy atom. The van der Waals surface area contributed by atoms with Gasteiger partial charge in [-0.3, -0.25) is 0 Å². The SMILES string of the molecule is CC1CC=C(Br)C=C1CO. The molecule has 0 heterocycles. The molecule has 1 rings (SSSR count). The molecule has 0 saturated carbocycles. The molecule has 0 bridgehead atoms. The minimum absolute atomic E-state index is 0.185. The Morgan fingerprint density at radius 1 is 1.80 bits per heavy atom. The maximum atomic E-state index is 8.86. The van der Waals surface area contributed by atoms with Crippen LogP contribution in [0.5, 0.6) is 0 Å². The molecule has 2 heteroatoms. The van der Waals surface area contributed by atoms with Gasteiger partial charge in [0.25, 0.3) is 0 Å². The van der Waals surface area contributed by atoms with Crippen LogP contribution in [-0.4, -0.2) is 11.7 Å². The Labute approximate surface area is 69.6 Å². The lowest BCUT2D eigenvalue weighted by molar-refractivity contribution is 0.315. The van der Waals surface area contributed by atoms with Crippen LogP contribution in [0, 0.1) is 5.92 Å². The zero-order valence-corrected chi connectivity index (χ0v) is 7.56. The molecule has 56 valence electrons. The summed E-state index contributed by atoms with van der Waals surface area (Å²) in [5.41, 5.74) is 1.12. The van der Waals surface area contributed by atoms with Crippen molar-refractivity contribution in [1.29, 1.82) is 0 Å². The number of halogens is 1. The third kappa shape index (κ3) is 1.70. The van der Waals surface area contributed by atoms with Crippen LogP contribution in [0.4, 0.5) is 0 Å². The fraction of sp³-hybridized carbons (Fsp3) is 0.500. The third-order valence-electron chi connectivity index (χ3n) is 1.81. The summed E-state index contributed by atoms with van der Waals surface area (Å²) in [5.74, 6) is 0.506. The highest BCUT2D eigenvalue weighted by atomic mass is 79.9. The molecule has 1 unspecified atom stereocenters. The molecule has 0 fully saturated rings. The van der Waals surface area contributed by atoms with Crippen molar-refractivity contribution < 1.29 is 5.11 Å². The molecule has 0 aromatic carbocycles. The average molecular weight is 203 g/mol. The Bertz CT molecular complexity index is 182. The first-order valence-corrected chi connectivity index (χ1v) is 4.20. The van der Waals surface area contributed by atoms with E-state index >= 15 is 0 Å². The number of hydrogen-bond acceptors (Lipinski definition) is 1. The highest BCUT2D eigenvalue weighted by Gasteiger charge is 2.10. The maximum absolute atomic E-state index is 8.86. The van der Waals surface area contributed by atoms with Crippen LogP contribution in [0.1, 0.15) is 13.3 Å². The van der Waals surface area contributed by atoms with E-state index in [0.29, 0.717) is 5.92 Å². The quantitative estimate of drug-likeness (QED) is 0.692. The number of hydrogen-bond donors (Lipinski definition) is 1. The zero-order chi connectivity index (χ0) is 7.56. The van der Waals surface area contributed by atoms with Crippen molar-refractivity contribution in [2.24, 2.45) is 5.92 Å². The number of allylic oxidation sites excluding steroid dienone is 3. The average Bonchev–Trinajstić information content (AvgIpc) is 1.94. The molecule has 1 aliphatic rings. The van der Waals surface area contributed by atoms with E-state index in [2.05, 4.69) is 28.9 Å². The summed E-state index contributed by atoms with van der Waals surface area (Å²) in [5, 5.41) is 8.86. The molecule has 0 aromatic rings. The first kappa shape index (κ1) is 8.02. The summed E-state index contributed by atoms with van der Waals surface area (Å²) in [7, 11) is 0. The molecule has 0 spiro atoms. The summed E-state index contributed by atoms with van der Waals surface area (Å²) in [6, 6.07) is 0. The van der Waals surface area contributed by atoms with E-state index in [1.807, 2.05) is 6.08 Å². The Hall–Kier alpha value is -0.0800. The van der Waals surface area contributed by atoms with E-state index in [4.69, 9.17) is 5.11 Å². The summed E-state index contributed by atoms with van der Waals surface area (Å²) in [4.78, 5) is 0. The minimum Gasteiger partial charge on any atom is -0.392 e. The van der Waals surface area contributed by atoms with Gasteiger partial charge in [-0.2, -0.15) is 0 Å². The van der Waals surface area contributed by atoms with E-state index in [0.717, 1.165) is 16.5 Å². The second kappa shape index (κ2) is 3.35. The van der Waals surface area contributed by atoms with Gasteiger partial charge in [0, 0.05) is 4.48 Å². The topological polar surface area (TPSA) is 20.2 Å². The van der Waals surface area contributed by atoms with Gasteiger partial charge in [0.1, 0.15) is 0 Å². The minimum atomic E-state index is 0.185. The van der Waals surface area contributed by atoms with Gasteiger partial charge in [0.2, 0.25) is 0 Å². The standard InChI is InChI=1S/C8H11BrO/c1-6-2-3-8(9)4-7(6)5-10/h3-4,6,10H,2,5H2,1H3. The first-order valence-electron chi connectivity index (χ1n) is 3.41. The van der Waals surface area contributed by atoms with E-state index < -0.39 is 0 Å². The summed E-state index contributed by atoms with van der Waals surface area (Å²) >= 11 is 3.37. The third-order valence-corrected chi connectivity index (χ3v) is 2.36. The highest BCUT2D eigenvalue weighted by Crippen LogP contribution is 2.25. The van der Waals surface area contributed by atoms with E-state index in [1.165, 1.54) is 0 Å². The first-order chi connectivity index (χ1) is 4.74. The summed E-state index contributed by atoms with van der Waals surface area (Å²) < 4.78 is 1.09. The lowest BCUT2D eigenvalue weighted by Crippen LogP contribution is -2.05. The summed E-state index contributed by atoms with van der Waals surface area (Å²) in [6.07, 6.45) is 5.16. The molecule has 1 aliphatic carbocycles. The lowest BCUT2D eigenvalue weighted by Gasteiger charge is -2.15. The molecular formula is C8H11BrO. The van der Waals surface area contributed by atoms with Crippen LogP contribution in [-0.2, 0) is 0 Å². The van der Waals surface area contributed by atoms with Crippen LogP contribution in [0.15, 0.2) is 22.2 Å². The number of rotatable bonds is 1. The van der Waals surface area contributed by atoms with Gasteiger partial charge in [-0.25, -0.2) is 0 Å². The fourth-order valence-corrected chi connectivity index (χ4v) is 1.50. The van der Waals surface area contributed by atoms with Crippen molar-refractivity contribution in [2.75, 3.05) is 6.61 Å². The fourth-order valence-electron chi connectivity index (χ4n) is 1.02. The molecule has 0 aromatic heterocycles. The molecule has 1 N–H and O–H groups in total. The molecule has 0 radical (unpaired) electrons. The van der Waals surface area contributed by atoms with Crippen molar-refractivity contribution >= 4 is 15.9 Å². The summed E-state index contributed by atoms with van der Waals surface area (Å²) in [6.45, 7) is 2.31. The van der Waals surface area contributed by atoms with Crippen LogP contribution < -0.4 is 0 Å². The molecule has 0 saturated heterocycles. The highest BCUT2D eigenvalue weighted by molar-refractivity contribution is 9.11. The monoisotopic (exact) mass is 202 g/mol. The number of aliphatic hydroxyl groups excluding tert-OH is 1. The van der Waals surface area contributed by atoms with Gasteiger partial charge in [0.15, 0.2) is 0 Å². The second-order valence-corrected chi connectivity index (χ2v) is 3.52. The van der Waals surface area contributed by atoms with Gasteiger partial charge < -0.3 is 5.11 Å². The van der Waals surface area contributed by atoms with Crippen LogP contribution in [0.25, 0.3) is 0 Å². The number of aliphatic hydroxyl groups is 1. The Balaban J connectivity index is 2.73. The van der Waals surface area contributed by atoms with Gasteiger partial charge in [0.05, 0.1) is 6.61 Å². The largest absolute Gasteiger partial charge is 0.392 e. The van der Waals surface area contributed by atoms with E-state index in [9.17, 15) is 0 Å². The smallest absolute Gasteiger partial charge is 0.0647 e. The zero-order valence-electron chi connectivity index (χ0n) is 5.97. The van der Waals surface area contributed by atoms with Crippen molar-refractivity contribution in [2.45, 2.75) is 13.3 Å². The Kier molecular flexibility index (Phi) is 2.69. The van der Waals surface area contributed by atoms with Crippen molar-refractivity contribution in [3.05, 3.63) is 22.2 Å². The van der Waals surface area contributed by atoms with Crippen molar-refractivity contribution in [1.82, 2.24) is 0 Å². The molecule has 1 nitrogen and oxygen atoms in total.